The first-order valence-electron chi connectivity index (χ1n) is 9.92. The fourth-order valence-corrected chi connectivity index (χ4v) is 4.13. The van der Waals surface area contributed by atoms with Crippen molar-refractivity contribution in [1.29, 1.82) is 0 Å². The molecule has 0 heterocycles. The highest BCUT2D eigenvalue weighted by atomic mass is 32.2. The van der Waals surface area contributed by atoms with E-state index in [1.54, 1.807) is 36.4 Å². The number of sulfonamides is 1. The van der Waals surface area contributed by atoms with Crippen LogP contribution in [0.5, 0.6) is 11.5 Å². The number of nitrogens with one attached hydrogen (secondary N) is 2. The number of aromatic hydroxyl groups is 1. The monoisotopic (exact) mass is 454 g/mol. The van der Waals surface area contributed by atoms with Gasteiger partial charge in [0, 0.05) is 5.56 Å². The summed E-state index contributed by atoms with van der Waals surface area (Å²) < 4.78 is 33.4. The lowest BCUT2D eigenvalue weighted by Gasteiger charge is -2.19. The summed E-state index contributed by atoms with van der Waals surface area (Å²) in [6.45, 7) is 6.22. The Morgan fingerprint density at radius 1 is 0.938 bits per heavy atom. The van der Waals surface area contributed by atoms with E-state index in [1.807, 2.05) is 12.1 Å². The van der Waals surface area contributed by atoms with Gasteiger partial charge < -0.3 is 15.2 Å². The van der Waals surface area contributed by atoms with Crippen molar-refractivity contribution >= 4 is 27.3 Å². The van der Waals surface area contributed by atoms with Crippen molar-refractivity contribution in [2.45, 2.75) is 31.1 Å². The Bertz CT molecular complexity index is 1230. The predicted molar refractivity (Wildman–Crippen MR) is 125 cm³/mol. The smallest absolute Gasteiger partial charge is 0.262 e. The van der Waals surface area contributed by atoms with Crippen molar-refractivity contribution in [2.75, 3.05) is 17.1 Å². The van der Waals surface area contributed by atoms with Gasteiger partial charge in [-0.2, -0.15) is 0 Å². The maximum Gasteiger partial charge on any atom is 0.262 e. The van der Waals surface area contributed by atoms with Gasteiger partial charge in [0.25, 0.3) is 15.9 Å². The second-order valence-electron chi connectivity index (χ2n) is 8.27. The van der Waals surface area contributed by atoms with Crippen LogP contribution in [0.4, 0.5) is 11.4 Å². The maximum absolute atomic E-state index is 12.9. The number of benzene rings is 3. The number of para-hydroxylation sites is 2. The van der Waals surface area contributed by atoms with Gasteiger partial charge in [-0.15, -0.1) is 0 Å². The zero-order valence-electron chi connectivity index (χ0n) is 18.3. The minimum absolute atomic E-state index is 0.0159. The number of rotatable bonds is 6. The Morgan fingerprint density at radius 2 is 1.59 bits per heavy atom. The van der Waals surface area contributed by atoms with Gasteiger partial charge in [0.05, 0.1) is 23.4 Å². The molecule has 0 spiro atoms. The van der Waals surface area contributed by atoms with Crippen LogP contribution in [0.1, 0.15) is 36.7 Å². The molecule has 3 aromatic rings. The topological polar surface area (TPSA) is 105 Å². The van der Waals surface area contributed by atoms with Gasteiger partial charge in [-0.25, -0.2) is 8.42 Å². The van der Waals surface area contributed by atoms with E-state index in [1.165, 1.54) is 25.3 Å². The first-order valence-corrected chi connectivity index (χ1v) is 11.4. The van der Waals surface area contributed by atoms with Crippen LogP contribution in [0, 0.1) is 0 Å². The summed E-state index contributed by atoms with van der Waals surface area (Å²) in [5, 5.41) is 12.7. The molecule has 3 aromatic carbocycles. The van der Waals surface area contributed by atoms with Gasteiger partial charge in [-0.1, -0.05) is 45.0 Å². The number of carbonyl (C=O) groups excluding carboxylic acids is 1. The molecule has 0 atom stereocenters. The third kappa shape index (κ3) is 5.20. The van der Waals surface area contributed by atoms with Crippen molar-refractivity contribution in [3.63, 3.8) is 0 Å². The molecule has 0 fully saturated rings. The van der Waals surface area contributed by atoms with Crippen LogP contribution >= 0.6 is 0 Å². The van der Waals surface area contributed by atoms with Gasteiger partial charge in [-0.05, 0) is 53.4 Å². The molecule has 0 aromatic heterocycles. The second kappa shape index (κ2) is 8.92. The molecule has 0 saturated carbocycles. The Kier molecular flexibility index (Phi) is 6.45. The van der Waals surface area contributed by atoms with Crippen LogP contribution in [0.2, 0.25) is 0 Å². The number of amides is 1. The normalized spacial score (nSPS) is 11.6. The zero-order valence-corrected chi connectivity index (χ0v) is 19.2. The molecule has 3 rings (SSSR count). The first-order chi connectivity index (χ1) is 15.0. The number of anilines is 2. The molecule has 0 radical (unpaired) electrons. The van der Waals surface area contributed by atoms with Crippen molar-refractivity contribution < 1.29 is 23.1 Å². The average Bonchev–Trinajstić information content (AvgIpc) is 2.74. The molecule has 168 valence electrons. The Morgan fingerprint density at radius 3 is 2.22 bits per heavy atom. The predicted octanol–water partition coefficient (Wildman–Crippen LogP) is 4.75. The summed E-state index contributed by atoms with van der Waals surface area (Å²) in [5.74, 6) is -0.351. The summed E-state index contributed by atoms with van der Waals surface area (Å²) in [4.78, 5) is 12.5. The van der Waals surface area contributed by atoms with E-state index >= 15 is 0 Å². The van der Waals surface area contributed by atoms with Crippen molar-refractivity contribution in [3.8, 4) is 11.5 Å². The average molecular weight is 455 g/mol. The van der Waals surface area contributed by atoms with E-state index < -0.39 is 15.9 Å². The number of phenols is 1. The molecule has 0 bridgehead atoms. The molecule has 0 unspecified atom stereocenters. The van der Waals surface area contributed by atoms with E-state index in [9.17, 15) is 18.3 Å². The van der Waals surface area contributed by atoms with Crippen LogP contribution in [-0.4, -0.2) is 26.5 Å². The van der Waals surface area contributed by atoms with Gasteiger partial charge in [0.15, 0.2) is 0 Å². The Hall–Kier alpha value is -3.52. The molecule has 0 aliphatic carbocycles. The molecule has 3 N–H and O–H groups in total. The fraction of sp³-hybridized carbons (Fsp3) is 0.208. The van der Waals surface area contributed by atoms with Gasteiger partial charge in [-0.3, -0.25) is 9.52 Å². The molecule has 0 saturated heterocycles. The number of hydrogen-bond acceptors (Lipinski definition) is 5. The van der Waals surface area contributed by atoms with Gasteiger partial charge in [0.1, 0.15) is 11.5 Å². The van der Waals surface area contributed by atoms with Crippen LogP contribution < -0.4 is 14.8 Å². The lowest BCUT2D eigenvalue weighted by Crippen LogP contribution is -2.16. The summed E-state index contributed by atoms with van der Waals surface area (Å²) in [6.07, 6.45) is 0. The standard InChI is InChI=1S/C24H26N2O5S/c1-24(2,3)17-11-9-16(10-12-17)23(28)25-20-15-18(13-14-21(20)27)32(29,30)26-19-7-5-6-8-22(19)31-4/h5-15,26-27H,1-4H3,(H,25,28). The summed E-state index contributed by atoms with van der Waals surface area (Å²) in [7, 11) is -2.56. The van der Waals surface area contributed by atoms with Gasteiger partial charge in [0.2, 0.25) is 0 Å². The third-order valence-corrected chi connectivity index (χ3v) is 6.25. The molecule has 8 heteroatoms. The molecular weight excluding hydrogens is 428 g/mol. The van der Waals surface area contributed by atoms with Crippen molar-refractivity contribution in [2.24, 2.45) is 0 Å². The highest BCUT2D eigenvalue weighted by molar-refractivity contribution is 7.92. The lowest BCUT2D eigenvalue weighted by atomic mass is 9.87. The molecule has 0 aliphatic heterocycles. The summed E-state index contributed by atoms with van der Waals surface area (Å²) >= 11 is 0. The third-order valence-electron chi connectivity index (χ3n) is 4.89. The highest BCUT2D eigenvalue weighted by Crippen LogP contribution is 2.30. The Labute approximate surface area is 188 Å². The van der Waals surface area contributed by atoms with Crippen molar-refractivity contribution in [3.05, 3.63) is 77.9 Å². The van der Waals surface area contributed by atoms with E-state index in [2.05, 4.69) is 30.8 Å². The number of hydrogen-bond donors (Lipinski definition) is 3. The molecule has 7 nitrogen and oxygen atoms in total. The molecular formula is C24H26N2O5S. The largest absolute Gasteiger partial charge is 0.506 e. The van der Waals surface area contributed by atoms with Crippen LogP contribution in [0.25, 0.3) is 0 Å². The highest BCUT2D eigenvalue weighted by Gasteiger charge is 2.20. The SMILES string of the molecule is COc1ccccc1NS(=O)(=O)c1ccc(O)c(NC(=O)c2ccc(C(C)(C)C)cc2)c1. The van der Waals surface area contributed by atoms with E-state index in [4.69, 9.17) is 4.74 Å². The van der Waals surface area contributed by atoms with Crippen LogP contribution in [0.15, 0.2) is 71.6 Å². The van der Waals surface area contributed by atoms with Crippen LogP contribution in [-0.2, 0) is 15.4 Å². The lowest BCUT2D eigenvalue weighted by molar-refractivity contribution is 0.102. The minimum Gasteiger partial charge on any atom is -0.506 e. The Balaban J connectivity index is 1.84. The first kappa shape index (κ1) is 23.1. The quantitative estimate of drug-likeness (QED) is 0.466. The van der Waals surface area contributed by atoms with E-state index in [0.29, 0.717) is 11.3 Å². The van der Waals surface area contributed by atoms with Crippen LogP contribution in [0.3, 0.4) is 0 Å². The summed E-state index contributed by atoms with van der Waals surface area (Å²) in [5.41, 5.74) is 1.67. The molecule has 32 heavy (non-hydrogen) atoms. The number of carbonyl (C=O) groups is 1. The number of phenolic OH excluding ortho intramolecular Hbond substituents is 1. The molecule has 1 amide bonds. The van der Waals surface area contributed by atoms with E-state index in [-0.39, 0.29) is 27.4 Å². The number of methoxy groups -OCH3 is 1. The van der Waals surface area contributed by atoms with Crippen molar-refractivity contribution in [1.82, 2.24) is 0 Å². The minimum atomic E-state index is -4.00. The maximum atomic E-state index is 12.9. The van der Waals surface area contributed by atoms with Gasteiger partial charge >= 0.3 is 0 Å². The second-order valence-corrected chi connectivity index (χ2v) is 9.95. The fourth-order valence-electron chi connectivity index (χ4n) is 3.03. The molecule has 0 aliphatic rings. The van der Waals surface area contributed by atoms with E-state index in [0.717, 1.165) is 5.56 Å². The summed E-state index contributed by atoms with van der Waals surface area (Å²) in [6, 6.07) is 17.4. The number of ether oxygens (including phenoxy) is 1. The zero-order chi connectivity index (χ0) is 23.5.